The van der Waals surface area contributed by atoms with Crippen molar-refractivity contribution in [1.82, 2.24) is 0 Å². The topological polar surface area (TPSA) is 70.8 Å². The minimum absolute atomic E-state index is 0.0510. The van der Waals surface area contributed by atoms with E-state index in [4.69, 9.17) is 15.2 Å². The molecule has 1 aromatic rings. The van der Waals surface area contributed by atoms with Gasteiger partial charge in [-0.05, 0) is 23.8 Å². The molecule has 1 fully saturated rings. The molecule has 1 aromatic carbocycles. The number of nitrogens with two attached hydrogens (primary N) is 1. The molecule has 0 bridgehead atoms. The second kappa shape index (κ2) is 5.90. The van der Waals surface area contributed by atoms with Crippen molar-refractivity contribution < 1.29 is 19.0 Å². The van der Waals surface area contributed by atoms with Gasteiger partial charge in [0.1, 0.15) is 0 Å². The van der Waals surface area contributed by atoms with Crippen molar-refractivity contribution in [3.63, 3.8) is 0 Å². The Hall–Kier alpha value is -1.11. The molecule has 0 aromatic heterocycles. The number of halogens is 1. The van der Waals surface area contributed by atoms with Crippen LogP contribution in [0.2, 0.25) is 0 Å². The van der Waals surface area contributed by atoms with Crippen LogP contribution in [0.25, 0.3) is 0 Å². The molecule has 1 aliphatic rings. The molecule has 104 valence electrons. The largest absolute Gasteiger partial charge is 0.469 e. The van der Waals surface area contributed by atoms with Gasteiger partial charge < -0.3 is 19.9 Å². The molecule has 2 rings (SSSR count). The zero-order valence-corrected chi connectivity index (χ0v) is 12.2. The lowest BCUT2D eigenvalue weighted by Gasteiger charge is -2.27. The molecule has 2 N–H and O–H groups in total. The number of anilines is 1. The zero-order chi connectivity index (χ0) is 13.9. The number of carbonyl (C=O) groups excluding carboxylic acids is 1. The maximum atomic E-state index is 11.5. The number of benzene rings is 1. The summed E-state index contributed by atoms with van der Waals surface area (Å²) in [6.45, 7) is 0.926. The van der Waals surface area contributed by atoms with E-state index in [-0.39, 0.29) is 12.4 Å². The minimum atomic E-state index is -0.970. The van der Waals surface area contributed by atoms with Gasteiger partial charge in [0.15, 0.2) is 5.79 Å². The molecule has 1 heterocycles. The molecule has 0 atom stereocenters. The summed E-state index contributed by atoms with van der Waals surface area (Å²) in [5.74, 6) is -1.34. The first-order chi connectivity index (χ1) is 9.04. The lowest BCUT2D eigenvalue weighted by molar-refractivity contribution is -0.180. The first-order valence-corrected chi connectivity index (χ1v) is 6.72. The van der Waals surface area contributed by atoms with Gasteiger partial charge in [-0.3, -0.25) is 4.79 Å². The molecule has 0 aliphatic carbocycles. The monoisotopic (exact) mass is 329 g/mol. The molecule has 19 heavy (non-hydrogen) atoms. The summed E-state index contributed by atoms with van der Waals surface area (Å²) in [6.07, 6.45) is 0.461. The molecule has 0 unspecified atom stereocenters. The maximum absolute atomic E-state index is 11.5. The fraction of sp³-hybridized carbons (Fsp3) is 0.462. The van der Waals surface area contributed by atoms with Gasteiger partial charge in [0.2, 0.25) is 0 Å². The fourth-order valence-electron chi connectivity index (χ4n) is 2.07. The number of methoxy groups -OCH3 is 1. The Balaban J connectivity index is 2.21. The van der Waals surface area contributed by atoms with E-state index in [0.29, 0.717) is 25.3 Å². The zero-order valence-electron chi connectivity index (χ0n) is 10.6. The summed E-state index contributed by atoms with van der Waals surface area (Å²) in [4.78, 5) is 11.5. The first-order valence-electron chi connectivity index (χ1n) is 5.93. The van der Waals surface area contributed by atoms with E-state index >= 15 is 0 Å². The van der Waals surface area contributed by atoms with E-state index in [9.17, 15) is 4.79 Å². The Bertz CT molecular complexity index is 472. The van der Waals surface area contributed by atoms with Gasteiger partial charge in [-0.1, -0.05) is 15.9 Å². The standard InChI is InChI=1S/C13H16BrNO4/c1-17-12(16)8-13(18-4-5-19-13)7-9-6-10(14)2-3-11(9)15/h2-3,6H,4-5,7-8,15H2,1H3. The van der Waals surface area contributed by atoms with Gasteiger partial charge in [-0.25, -0.2) is 0 Å². The summed E-state index contributed by atoms with van der Waals surface area (Å²) in [5, 5.41) is 0. The van der Waals surface area contributed by atoms with E-state index in [0.717, 1.165) is 10.0 Å². The van der Waals surface area contributed by atoms with E-state index in [1.807, 2.05) is 12.1 Å². The summed E-state index contributed by atoms with van der Waals surface area (Å²) < 4.78 is 16.8. The lowest BCUT2D eigenvalue weighted by Crippen LogP contribution is -2.36. The van der Waals surface area contributed by atoms with Crippen LogP contribution in [0.15, 0.2) is 22.7 Å². The molecule has 5 nitrogen and oxygen atoms in total. The minimum Gasteiger partial charge on any atom is -0.469 e. The average molecular weight is 330 g/mol. The molecular weight excluding hydrogens is 314 g/mol. The number of rotatable bonds is 4. The first kappa shape index (κ1) is 14.3. The Labute approximate surface area is 120 Å². The molecule has 0 amide bonds. The third kappa shape index (κ3) is 3.46. The smallest absolute Gasteiger partial charge is 0.311 e. The van der Waals surface area contributed by atoms with Crippen LogP contribution in [0.4, 0.5) is 5.69 Å². The fourth-order valence-corrected chi connectivity index (χ4v) is 2.48. The van der Waals surface area contributed by atoms with Gasteiger partial charge in [-0.15, -0.1) is 0 Å². The van der Waals surface area contributed by atoms with Crippen LogP contribution in [-0.4, -0.2) is 32.1 Å². The van der Waals surface area contributed by atoms with Gasteiger partial charge in [0, 0.05) is 16.6 Å². The highest BCUT2D eigenvalue weighted by Crippen LogP contribution is 2.31. The van der Waals surface area contributed by atoms with Crippen molar-refractivity contribution in [2.75, 3.05) is 26.1 Å². The highest BCUT2D eigenvalue weighted by Gasteiger charge is 2.40. The third-order valence-electron chi connectivity index (χ3n) is 3.02. The van der Waals surface area contributed by atoms with Crippen molar-refractivity contribution in [3.05, 3.63) is 28.2 Å². The van der Waals surface area contributed by atoms with Crippen molar-refractivity contribution in [2.24, 2.45) is 0 Å². The number of hydrogen-bond donors (Lipinski definition) is 1. The van der Waals surface area contributed by atoms with Crippen LogP contribution < -0.4 is 5.73 Å². The number of carbonyl (C=O) groups is 1. The Morgan fingerprint density at radius 3 is 2.79 bits per heavy atom. The van der Waals surface area contributed by atoms with Crippen LogP contribution in [-0.2, 0) is 25.4 Å². The maximum Gasteiger partial charge on any atom is 0.311 e. The SMILES string of the molecule is COC(=O)CC1(Cc2cc(Br)ccc2N)OCCO1. The Kier molecular flexibility index (Phi) is 4.44. The third-order valence-corrected chi connectivity index (χ3v) is 3.51. The number of ether oxygens (including phenoxy) is 3. The number of esters is 1. The van der Waals surface area contributed by atoms with Gasteiger partial charge in [-0.2, -0.15) is 0 Å². The molecule has 0 saturated carbocycles. The second-order valence-electron chi connectivity index (χ2n) is 4.38. The van der Waals surface area contributed by atoms with Crippen LogP contribution >= 0.6 is 15.9 Å². The van der Waals surface area contributed by atoms with Crippen LogP contribution in [0.5, 0.6) is 0 Å². The predicted octanol–water partition coefficient (Wildman–Crippen LogP) is 1.88. The summed E-state index contributed by atoms with van der Waals surface area (Å²) >= 11 is 3.40. The summed E-state index contributed by atoms with van der Waals surface area (Å²) in [5.41, 5.74) is 7.46. The molecular formula is C13H16BrNO4. The van der Waals surface area contributed by atoms with E-state index in [1.54, 1.807) is 6.07 Å². The van der Waals surface area contributed by atoms with Crippen molar-refractivity contribution >= 4 is 27.6 Å². The Morgan fingerprint density at radius 2 is 2.16 bits per heavy atom. The summed E-state index contributed by atoms with van der Waals surface area (Å²) in [7, 11) is 1.35. The number of hydrogen-bond acceptors (Lipinski definition) is 5. The van der Waals surface area contributed by atoms with Crippen molar-refractivity contribution in [3.8, 4) is 0 Å². The van der Waals surface area contributed by atoms with Crippen molar-refractivity contribution in [1.29, 1.82) is 0 Å². The van der Waals surface area contributed by atoms with E-state index in [2.05, 4.69) is 20.7 Å². The molecule has 6 heteroatoms. The highest BCUT2D eigenvalue weighted by atomic mass is 79.9. The number of nitrogen functional groups attached to an aromatic ring is 1. The normalized spacial score (nSPS) is 17.4. The second-order valence-corrected chi connectivity index (χ2v) is 5.30. The molecule has 0 radical (unpaired) electrons. The quantitative estimate of drug-likeness (QED) is 0.674. The van der Waals surface area contributed by atoms with Crippen LogP contribution in [0.1, 0.15) is 12.0 Å². The van der Waals surface area contributed by atoms with E-state index < -0.39 is 5.79 Å². The van der Waals surface area contributed by atoms with Crippen LogP contribution in [0.3, 0.4) is 0 Å². The predicted molar refractivity (Wildman–Crippen MR) is 73.5 cm³/mol. The average Bonchev–Trinajstić information content (AvgIpc) is 2.82. The lowest BCUT2D eigenvalue weighted by atomic mass is 10.0. The van der Waals surface area contributed by atoms with Crippen molar-refractivity contribution in [2.45, 2.75) is 18.6 Å². The molecule has 0 spiro atoms. The molecule has 1 saturated heterocycles. The highest BCUT2D eigenvalue weighted by molar-refractivity contribution is 9.10. The van der Waals surface area contributed by atoms with E-state index in [1.165, 1.54) is 7.11 Å². The molecule has 1 aliphatic heterocycles. The van der Waals surface area contributed by atoms with Gasteiger partial charge >= 0.3 is 5.97 Å². The van der Waals surface area contributed by atoms with Gasteiger partial charge in [0.25, 0.3) is 0 Å². The van der Waals surface area contributed by atoms with Gasteiger partial charge in [0.05, 0.1) is 26.7 Å². The Morgan fingerprint density at radius 1 is 1.47 bits per heavy atom. The summed E-state index contributed by atoms with van der Waals surface area (Å²) in [6, 6.07) is 5.57. The van der Waals surface area contributed by atoms with Crippen LogP contribution in [0, 0.1) is 0 Å².